The normalized spacial score (nSPS) is 12.6. The van der Waals surface area contributed by atoms with Crippen LogP contribution < -0.4 is 0 Å². The maximum absolute atomic E-state index is 12.5. The molecule has 0 rings (SSSR count). The fourth-order valence-electron chi connectivity index (χ4n) is 1.52. The van der Waals surface area contributed by atoms with Crippen LogP contribution in [0.4, 0.5) is 13.2 Å². The molecule has 0 fully saturated rings. The van der Waals surface area contributed by atoms with E-state index in [1.807, 2.05) is 0 Å². The Morgan fingerprint density at radius 2 is 1.56 bits per heavy atom. The van der Waals surface area contributed by atoms with Crippen LogP contribution in [0, 0.1) is 0 Å². The molecular weight excluding hydrogens is 237 g/mol. The van der Waals surface area contributed by atoms with Crippen LogP contribution >= 0.6 is 11.6 Å². The summed E-state index contributed by atoms with van der Waals surface area (Å²) in [7, 11) is 0. The molecule has 1 atom stereocenters. The van der Waals surface area contributed by atoms with Gasteiger partial charge in [0.2, 0.25) is 0 Å². The highest BCUT2D eigenvalue weighted by Crippen LogP contribution is 2.22. The topological polar surface area (TPSA) is 0 Å². The molecule has 0 aromatic carbocycles. The van der Waals surface area contributed by atoms with Crippen LogP contribution in [0.2, 0.25) is 0 Å². The number of unbranched alkanes of at least 4 members (excludes halogenated alkanes) is 5. The first kappa shape index (κ1) is 15.8. The standard InChI is InChI=1S/C12H20ClF3/c1-2-3-4-5-6-7-8-10(13)9-11(14)12(15)16/h10H,2-9H2,1H3. The van der Waals surface area contributed by atoms with Gasteiger partial charge in [0, 0.05) is 11.8 Å². The van der Waals surface area contributed by atoms with Gasteiger partial charge in [-0.1, -0.05) is 45.4 Å². The quantitative estimate of drug-likeness (QED) is 0.361. The lowest BCUT2D eigenvalue weighted by molar-refractivity contribution is 0.367. The molecule has 16 heavy (non-hydrogen) atoms. The minimum absolute atomic E-state index is 0.348. The molecule has 96 valence electrons. The van der Waals surface area contributed by atoms with Crippen molar-refractivity contribution in [2.75, 3.05) is 0 Å². The van der Waals surface area contributed by atoms with Crippen molar-refractivity contribution in [3.05, 3.63) is 11.9 Å². The monoisotopic (exact) mass is 256 g/mol. The number of hydrogen-bond donors (Lipinski definition) is 0. The zero-order valence-electron chi connectivity index (χ0n) is 9.75. The molecule has 0 aromatic rings. The molecular formula is C12H20ClF3. The van der Waals surface area contributed by atoms with Crippen molar-refractivity contribution in [2.24, 2.45) is 0 Å². The van der Waals surface area contributed by atoms with Gasteiger partial charge in [0.25, 0.3) is 0 Å². The van der Waals surface area contributed by atoms with E-state index in [-0.39, 0.29) is 6.42 Å². The number of hydrogen-bond acceptors (Lipinski definition) is 0. The average Bonchev–Trinajstić information content (AvgIpc) is 2.23. The first-order chi connectivity index (χ1) is 7.57. The van der Waals surface area contributed by atoms with Crippen LogP contribution in [0.3, 0.4) is 0 Å². The molecule has 0 aliphatic heterocycles. The number of halogens is 4. The average molecular weight is 257 g/mol. The minimum atomic E-state index is -2.24. The van der Waals surface area contributed by atoms with E-state index in [2.05, 4.69) is 6.92 Å². The highest BCUT2D eigenvalue weighted by molar-refractivity contribution is 6.20. The molecule has 4 heteroatoms. The van der Waals surface area contributed by atoms with Gasteiger partial charge in [-0.2, -0.15) is 8.78 Å². The van der Waals surface area contributed by atoms with Crippen molar-refractivity contribution in [2.45, 2.75) is 63.7 Å². The van der Waals surface area contributed by atoms with E-state index in [0.717, 1.165) is 19.3 Å². The van der Waals surface area contributed by atoms with E-state index in [4.69, 9.17) is 11.6 Å². The van der Waals surface area contributed by atoms with E-state index in [1.54, 1.807) is 0 Å². The molecule has 0 spiro atoms. The predicted octanol–water partition coefficient (Wildman–Crippen LogP) is 5.81. The fraction of sp³-hybridized carbons (Fsp3) is 0.833. The summed E-state index contributed by atoms with van der Waals surface area (Å²) >= 11 is 5.75. The molecule has 0 aromatic heterocycles. The third kappa shape index (κ3) is 9.08. The van der Waals surface area contributed by atoms with Crippen LogP contribution in [-0.2, 0) is 0 Å². The summed E-state index contributed by atoms with van der Waals surface area (Å²) in [4.78, 5) is 0. The fourth-order valence-corrected chi connectivity index (χ4v) is 1.81. The largest absolute Gasteiger partial charge is 0.301 e. The molecule has 0 nitrogen and oxygen atoms in total. The summed E-state index contributed by atoms with van der Waals surface area (Å²) in [6, 6.07) is 0. The zero-order valence-corrected chi connectivity index (χ0v) is 10.5. The van der Waals surface area contributed by atoms with Crippen LogP contribution in [0.15, 0.2) is 11.9 Å². The summed E-state index contributed by atoms with van der Waals surface area (Å²) in [5, 5.41) is -0.507. The van der Waals surface area contributed by atoms with E-state index in [9.17, 15) is 13.2 Å². The Morgan fingerprint density at radius 3 is 2.12 bits per heavy atom. The molecule has 1 unspecified atom stereocenters. The van der Waals surface area contributed by atoms with Crippen LogP contribution in [0.5, 0.6) is 0 Å². The zero-order chi connectivity index (χ0) is 12.4. The number of allylic oxidation sites excluding steroid dienone is 1. The maximum Gasteiger partial charge on any atom is 0.301 e. The van der Waals surface area contributed by atoms with Gasteiger partial charge in [0.1, 0.15) is 0 Å². The van der Waals surface area contributed by atoms with Crippen LogP contribution in [-0.4, -0.2) is 5.38 Å². The number of rotatable bonds is 9. The van der Waals surface area contributed by atoms with Crippen molar-refractivity contribution in [3.8, 4) is 0 Å². The van der Waals surface area contributed by atoms with Crippen molar-refractivity contribution >= 4 is 11.6 Å². The van der Waals surface area contributed by atoms with Gasteiger partial charge in [-0.15, -0.1) is 11.6 Å². The Bertz CT molecular complexity index is 200. The van der Waals surface area contributed by atoms with Gasteiger partial charge >= 0.3 is 6.08 Å². The summed E-state index contributed by atoms with van der Waals surface area (Å²) < 4.78 is 36.0. The van der Waals surface area contributed by atoms with E-state index in [0.29, 0.717) is 6.42 Å². The van der Waals surface area contributed by atoms with E-state index < -0.39 is 17.3 Å². The molecule has 0 amide bonds. The molecule has 0 radical (unpaired) electrons. The van der Waals surface area contributed by atoms with Gasteiger partial charge in [-0.05, 0) is 6.42 Å². The Balaban J connectivity index is 3.44. The lowest BCUT2D eigenvalue weighted by atomic mass is 10.1. The van der Waals surface area contributed by atoms with Gasteiger partial charge < -0.3 is 0 Å². The van der Waals surface area contributed by atoms with Crippen LogP contribution in [0.1, 0.15) is 58.3 Å². The van der Waals surface area contributed by atoms with Crippen LogP contribution in [0.25, 0.3) is 0 Å². The molecule has 0 aliphatic rings. The van der Waals surface area contributed by atoms with Gasteiger partial charge in [-0.25, -0.2) is 4.39 Å². The SMILES string of the molecule is CCCCCCCCC(Cl)CC(F)=C(F)F. The summed E-state index contributed by atoms with van der Waals surface area (Å²) in [5.74, 6) is -1.37. The lowest BCUT2D eigenvalue weighted by Gasteiger charge is -2.07. The highest BCUT2D eigenvalue weighted by Gasteiger charge is 2.12. The summed E-state index contributed by atoms with van der Waals surface area (Å²) in [5.41, 5.74) is 0. The number of alkyl halides is 1. The summed E-state index contributed by atoms with van der Waals surface area (Å²) in [6.07, 6.45) is 4.73. The molecule has 0 saturated carbocycles. The van der Waals surface area contributed by atoms with E-state index in [1.165, 1.54) is 19.3 Å². The molecule has 0 bridgehead atoms. The maximum atomic E-state index is 12.5. The van der Waals surface area contributed by atoms with Gasteiger partial charge in [-0.3, -0.25) is 0 Å². The van der Waals surface area contributed by atoms with Gasteiger partial charge in [0.15, 0.2) is 5.83 Å². The van der Waals surface area contributed by atoms with Crippen molar-refractivity contribution in [1.82, 2.24) is 0 Å². The van der Waals surface area contributed by atoms with E-state index >= 15 is 0 Å². The Kier molecular flexibility index (Phi) is 9.89. The third-order valence-electron chi connectivity index (χ3n) is 2.48. The Hall–Kier alpha value is -0.180. The van der Waals surface area contributed by atoms with Crippen molar-refractivity contribution in [3.63, 3.8) is 0 Å². The lowest BCUT2D eigenvalue weighted by Crippen LogP contribution is -1.99. The predicted molar refractivity (Wildman–Crippen MR) is 62.6 cm³/mol. The molecule has 0 N–H and O–H groups in total. The highest BCUT2D eigenvalue weighted by atomic mass is 35.5. The summed E-state index contributed by atoms with van der Waals surface area (Å²) in [6.45, 7) is 2.15. The third-order valence-corrected chi connectivity index (χ3v) is 2.85. The van der Waals surface area contributed by atoms with Crippen molar-refractivity contribution in [1.29, 1.82) is 0 Å². The smallest absolute Gasteiger partial charge is 0.206 e. The first-order valence-electron chi connectivity index (χ1n) is 5.91. The van der Waals surface area contributed by atoms with Crippen molar-refractivity contribution < 1.29 is 13.2 Å². The second kappa shape index (κ2) is 10.0. The molecule has 0 heterocycles. The first-order valence-corrected chi connectivity index (χ1v) is 6.35. The molecule has 0 aliphatic carbocycles. The second-order valence-electron chi connectivity index (χ2n) is 4.02. The van der Waals surface area contributed by atoms with Gasteiger partial charge in [0.05, 0.1) is 0 Å². The Labute approximate surface area is 101 Å². The molecule has 0 saturated heterocycles. The second-order valence-corrected chi connectivity index (χ2v) is 4.64. The minimum Gasteiger partial charge on any atom is -0.206 e. The Morgan fingerprint density at radius 1 is 1.00 bits per heavy atom.